The lowest BCUT2D eigenvalue weighted by Crippen LogP contribution is -2.07. The monoisotopic (exact) mass is 230 g/mol. The van der Waals surface area contributed by atoms with Gasteiger partial charge in [-0.3, -0.25) is 0 Å². The molecule has 0 atom stereocenters. The van der Waals surface area contributed by atoms with E-state index in [1.54, 1.807) is 0 Å². The number of nitrogens with zero attached hydrogens (tertiary/aromatic N) is 4. The van der Waals surface area contributed by atoms with Crippen LogP contribution in [0.25, 0.3) is 5.69 Å². The molecular weight excluding hydrogens is 225 g/mol. The number of halogens is 3. The van der Waals surface area contributed by atoms with Crippen LogP contribution in [0.1, 0.15) is 5.56 Å². The van der Waals surface area contributed by atoms with E-state index in [4.69, 9.17) is 5.11 Å². The molecule has 0 saturated heterocycles. The van der Waals surface area contributed by atoms with E-state index >= 15 is 0 Å². The molecule has 0 aliphatic heterocycles. The average Bonchev–Trinajstić information content (AvgIpc) is 2.69. The summed E-state index contributed by atoms with van der Waals surface area (Å²) in [6.45, 7) is 0. The van der Waals surface area contributed by atoms with Crippen LogP contribution < -0.4 is 0 Å². The minimum absolute atomic E-state index is 0.120. The quantitative estimate of drug-likeness (QED) is 0.803. The highest BCUT2D eigenvalue weighted by molar-refractivity contribution is 5.44. The number of phenols is 1. The van der Waals surface area contributed by atoms with E-state index in [1.165, 1.54) is 6.07 Å². The number of benzene rings is 1. The van der Waals surface area contributed by atoms with Gasteiger partial charge in [0.15, 0.2) is 0 Å². The molecule has 2 rings (SSSR count). The van der Waals surface area contributed by atoms with Crippen molar-refractivity contribution in [2.75, 3.05) is 0 Å². The molecule has 0 bridgehead atoms. The fourth-order valence-electron chi connectivity index (χ4n) is 1.17. The Kier molecular flexibility index (Phi) is 2.26. The van der Waals surface area contributed by atoms with Crippen molar-refractivity contribution in [1.29, 1.82) is 0 Å². The molecule has 0 amide bonds. The second-order valence-electron chi connectivity index (χ2n) is 2.95. The van der Waals surface area contributed by atoms with Crippen LogP contribution in [0, 0.1) is 0 Å². The SMILES string of the molecule is Oc1ccc(-n2cnnn2)cc1C(F)(F)F. The number of phenolic OH excluding ortho intramolecular Hbond substituents is 1. The van der Waals surface area contributed by atoms with E-state index in [0.717, 1.165) is 23.1 Å². The van der Waals surface area contributed by atoms with Crippen molar-refractivity contribution in [3.05, 3.63) is 30.1 Å². The number of aromatic nitrogens is 4. The van der Waals surface area contributed by atoms with Gasteiger partial charge in [0.2, 0.25) is 0 Å². The number of hydrogen-bond acceptors (Lipinski definition) is 4. The molecule has 0 aliphatic rings. The highest BCUT2D eigenvalue weighted by atomic mass is 19.4. The van der Waals surface area contributed by atoms with Gasteiger partial charge in [0.25, 0.3) is 0 Å². The van der Waals surface area contributed by atoms with Gasteiger partial charge in [-0.1, -0.05) is 0 Å². The van der Waals surface area contributed by atoms with Gasteiger partial charge in [0.1, 0.15) is 12.1 Å². The van der Waals surface area contributed by atoms with Crippen molar-refractivity contribution in [3.8, 4) is 11.4 Å². The Balaban J connectivity index is 2.52. The normalized spacial score (nSPS) is 11.7. The van der Waals surface area contributed by atoms with Gasteiger partial charge in [-0.2, -0.15) is 13.2 Å². The number of rotatable bonds is 1. The lowest BCUT2D eigenvalue weighted by molar-refractivity contribution is -0.138. The molecule has 0 unspecified atom stereocenters. The zero-order valence-electron chi connectivity index (χ0n) is 7.68. The summed E-state index contributed by atoms with van der Waals surface area (Å²) >= 11 is 0. The minimum Gasteiger partial charge on any atom is -0.507 e. The fourth-order valence-corrected chi connectivity index (χ4v) is 1.17. The van der Waals surface area contributed by atoms with Crippen molar-refractivity contribution < 1.29 is 18.3 Å². The topological polar surface area (TPSA) is 63.8 Å². The molecule has 1 aromatic carbocycles. The Morgan fingerprint density at radius 1 is 1.25 bits per heavy atom. The first-order valence-corrected chi connectivity index (χ1v) is 4.12. The van der Waals surface area contributed by atoms with Crippen molar-refractivity contribution >= 4 is 0 Å². The molecule has 16 heavy (non-hydrogen) atoms. The summed E-state index contributed by atoms with van der Waals surface area (Å²) in [5.74, 6) is -0.829. The molecule has 0 saturated carbocycles. The van der Waals surface area contributed by atoms with Crippen LogP contribution in [0.2, 0.25) is 0 Å². The Hall–Kier alpha value is -2.12. The molecule has 0 aliphatic carbocycles. The minimum atomic E-state index is -4.62. The van der Waals surface area contributed by atoms with Gasteiger partial charge in [-0.05, 0) is 28.6 Å². The zero-order chi connectivity index (χ0) is 11.8. The number of hydrogen-bond donors (Lipinski definition) is 1. The van der Waals surface area contributed by atoms with Crippen LogP contribution >= 0.6 is 0 Å². The Labute approximate surface area is 87.1 Å². The van der Waals surface area contributed by atoms with Crippen molar-refractivity contribution in [2.45, 2.75) is 6.18 Å². The van der Waals surface area contributed by atoms with E-state index in [-0.39, 0.29) is 5.69 Å². The van der Waals surface area contributed by atoms with Crippen LogP contribution in [-0.2, 0) is 6.18 Å². The maximum Gasteiger partial charge on any atom is 0.420 e. The lowest BCUT2D eigenvalue weighted by atomic mass is 10.1. The van der Waals surface area contributed by atoms with Gasteiger partial charge in [-0.15, -0.1) is 5.10 Å². The van der Waals surface area contributed by atoms with Crippen molar-refractivity contribution in [1.82, 2.24) is 20.2 Å². The maximum atomic E-state index is 12.4. The molecule has 2 aromatic rings. The molecular formula is C8H5F3N4O. The van der Waals surface area contributed by atoms with Crippen LogP contribution in [0.15, 0.2) is 24.5 Å². The van der Waals surface area contributed by atoms with Gasteiger partial charge >= 0.3 is 6.18 Å². The smallest absolute Gasteiger partial charge is 0.420 e. The van der Waals surface area contributed by atoms with Gasteiger partial charge in [-0.25, -0.2) is 4.68 Å². The summed E-state index contributed by atoms with van der Waals surface area (Å²) in [4.78, 5) is 0. The summed E-state index contributed by atoms with van der Waals surface area (Å²) in [6.07, 6.45) is -3.46. The predicted molar refractivity (Wildman–Crippen MR) is 45.8 cm³/mol. The van der Waals surface area contributed by atoms with E-state index < -0.39 is 17.5 Å². The van der Waals surface area contributed by atoms with Gasteiger partial charge < -0.3 is 5.11 Å². The third-order valence-electron chi connectivity index (χ3n) is 1.90. The first kappa shape index (κ1) is 10.4. The Morgan fingerprint density at radius 2 is 2.00 bits per heavy atom. The number of tetrazole rings is 1. The number of aromatic hydroxyl groups is 1. The van der Waals surface area contributed by atoms with Crippen LogP contribution in [0.4, 0.5) is 13.2 Å². The average molecular weight is 230 g/mol. The molecule has 5 nitrogen and oxygen atoms in total. The Bertz CT molecular complexity index is 494. The van der Waals surface area contributed by atoms with E-state index in [0.29, 0.717) is 0 Å². The molecule has 0 fully saturated rings. The molecule has 1 heterocycles. The maximum absolute atomic E-state index is 12.4. The molecule has 8 heteroatoms. The molecule has 84 valence electrons. The summed E-state index contributed by atoms with van der Waals surface area (Å²) in [6, 6.07) is 2.99. The second-order valence-corrected chi connectivity index (χ2v) is 2.95. The number of alkyl halides is 3. The van der Waals surface area contributed by atoms with Crippen LogP contribution in [0.3, 0.4) is 0 Å². The summed E-state index contributed by atoms with van der Waals surface area (Å²) < 4.78 is 38.4. The molecule has 1 aromatic heterocycles. The highest BCUT2D eigenvalue weighted by Gasteiger charge is 2.34. The van der Waals surface area contributed by atoms with Gasteiger partial charge in [0.05, 0.1) is 11.3 Å². The van der Waals surface area contributed by atoms with E-state index in [2.05, 4.69) is 15.5 Å². The highest BCUT2D eigenvalue weighted by Crippen LogP contribution is 2.36. The van der Waals surface area contributed by atoms with E-state index in [9.17, 15) is 13.2 Å². The zero-order valence-corrected chi connectivity index (χ0v) is 7.68. The lowest BCUT2D eigenvalue weighted by Gasteiger charge is -2.10. The predicted octanol–water partition coefficient (Wildman–Crippen LogP) is 1.39. The largest absolute Gasteiger partial charge is 0.507 e. The second kappa shape index (κ2) is 3.47. The van der Waals surface area contributed by atoms with Gasteiger partial charge in [0, 0.05) is 0 Å². The molecule has 1 N–H and O–H groups in total. The summed E-state index contributed by atoms with van der Waals surface area (Å²) in [5.41, 5.74) is -1.00. The summed E-state index contributed by atoms with van der Waals surface area (Å²) in [5, 5.41) is 19.1. The van der Waals surface area contributed by atoms with Crippen LogP contribution in [-0.4, -0.2) is 25.3 Å². The van der Waals surface area contributed by atoms with Crippen molar-refractivity contribution in [2.24, 2.45) is 0 Å². The molecule has 0 spiro atoms. The van der Waals surface area contributed by atoms with E-state index in [1.807, 2.05) is 0 Å². The summed E-state index contributed by atoms with van der Waals surface area (Å²) in [7, 11) is 0. The first-order chi connectivity index (χ1) is 7.48. The third-order valence-corrected chi connectivity index (χ3v) is 1.90. The third kappa shape index (κ3) is 1.81. The molecule has 0 radical (unpaired) electrons. The van der Waals surface area contributed by atoms with Crippen molar-refractivity contribution in [3.63, 3.8) is 0 Å². The van der Waals surface area contributed by atoms with Crippen LogP contribution in [0.5, 0.6) is 5.75 Å². The first-order valence-electron chi connectivity index (χ1n) is 4.12. The fraction of sp³-hybridized carbons (Fsp3) is 0.125. The standard InChI is InChI=1S/C8H5F3N4O/c9-8(10,11)6-3-5(1-2-7(6)16)15-4-12-13-14-15/h1-4,16H. The Morgan fingerprint density at radius 3 is 2.56 bits per heavy atom.